The normalized spacial score (nSPS) is 11.6. The van der Waals surface area contributed by atoms with Gasteiger partial charge in [-0.05, 0) is 10.8 Å². The van der Waals surface area contributed by atoms with E-state index in [0.29, 0.717) is 0 Å². The maximum absolute atomic E-state index is 15.4. The molecule has 0 saturated heterocycles. The van der Waals surface area contributed by atoms with Crippen molar-refractivity contribution in [3.8, 4) is 11.3 Å². The molecule has 1 aromatic heterocycles. The average Bonchev–Trinajstić information content (AvgIpc) is 3.34. The first-order chi connectivity index (χ1) is 32.1. The summed E-state index contributed by atoms with van der Waals surface area (Å²) in [6.45, 7) is 0.848. The van der Waals surface area contributed by atoms with E-state index in [9.17, 15) is 52.7 Å². The topological polar surface area (TPSA) is 16.8 Å². The molecule has 0 radical (unpaired) electrons. The van der Waals surface area contributed by atoms with Crippen LogP contribution in [0.4, 0.5) is 87.8 Å². The molecular weight excluding hydrogens is 959 g/mol. The molecule has 8 aromatic rings. The summed E-state index contributed by atoms with van der Waals surface area (Å²) in [6, 6.07) is 25.3. The molecule has 0 N–H and O–H groups in total. The van der Waals surface area contributed by atoms with Crippen LogP contribution in [0.1, 0.15) is 5.56 Å². The fourth-order valence-corrected chi connectivity index (χ4v) is 7.79. The molecule has 0 spiro atoms. The van der Waals surface area contributed by atoms with E-state index in [-0.39, 0.29) is 0 Å². The Balaban J connectivity index is 0.000000246. The highest BCUT2D eigenvalue weighted by atomic mass is 19.2. The first kappa shape index (κ1) is 48.5. The second-order valence-corrected chi connectivity index (χ2v) is 14.4. The summed E-state index contributed by atoms with van der Waals surface area (Å²) in [5.41, 5.74) is -10.9. The third kappa shape index (κ3) is 7.62. The number of benzene rings is 7. The number of rotatable bonds is 7. The number of nitrogens with zero attached hydrogens (tertiary/aromatic N) is 2. The van der Waals surface area contributed by atoms with Gasteiger partial charge in [-0.25, -0.2) is 92.8 Å². The summed E-state index contributed by atoms with van der Waals surface area (Å²) in [4.78, 5) is 4.58. The van der Waals surface area contributed by atoms with Gasteiger partial charge in [0, 0.05) is 11.1 Å². The Morgan fingerprint density at radius 3 is 1.06 bits per heavy atom. The molecule has 0 bridgehead atoms. The quantitative estimate of drug-likeness (QED) is 0.0512. The predicted octanol–water partition coefficient (Wildman–Crippen LogP) is 10.1. The van der Waals surface area contributed by atoms with Crippen molar-refractivity contribution in [2.45, 2.75) is 6.54 Å². The first-order valence-electron chi connectivity index (χ1n) is 18.7. The van der Waals surface area contributed by atoms with Crippen LogP contribution in [0.2, 0.25) is 0 Å². The third-order valence-electron chi connectivity index (χ3n) is 10.7. The van der Waals surface area contributed by atoms with E-state index in [1.54, 1.807) is 0 Å². The van der Waals surface area contributed by atoms with Gasteiger partial charge in [0.05, 0.1) is 6.20 Å². The summed E-state index contributed by atoms with van der Waals surface area (Å²) in [6.07, 6.45) is -1.21. The van der Waals surface area contributed by atoms with Crippen LogP contribution in [0.25, 0.3) is 22.0 Å². The van der Waals surface area contributed by atoms with Gasteiger partial charge in [0.25, 0.3) is 0 Å². The van der Waals surface area contributed by atoms with Crippen LogP contribution in [0.15, 0.2) is 91.4 Å². The van der Waals surface area contributed by atoms with Crippen LogP contribution in [0.5, 0.6) is 0 Å². The van der Waals surface area contributed by atoms with Crippen molar-refractivity contribution in [2.75, 3.05) is 0 Å². The second-order valence-electron chi connectivity index (χ2n) is 14.4. The Morgan fingerprint density at radius 2 is 0.676 bits per heavy atom. The summed E-state index contributed by atoms with van der Waals surface area (Å²) in [7, 11) is 0. The Morgan fingerprint density at radius 1 is 0.353 bits per heavy atom. The molecule has 0 unspecified atom stereocenters. The molecule has 0 aliphatic rings. The van der Waals surface area contributed by atoms with Crippen LogP contribution in [0.3, 0.4) is 0 Å². The standard InChI is InChI=1S/C24BF20.C21H17N2/c26-5-1(6(27)14(35)21(42)13(5)34)25(2-7(28)15(36)22(43)16(37)8(2)29,3-9(30)17(38)23(44)18(39)10(3)31)4-11(32)19(40)24(45)20(41)12(4)33;1-2-7-17(8-3-1)15-23-14-13-22-21(16-23)20-12-6-10-18-9-4-5-11-19(18)20/h;1-14,16H,15H2/q-1;+1. The van der Waals surface area contributed by atoms with Crippen molar-refractivity contribution in [3.63, 3.8) is 0 Å². The van der Waals surface area contributed by atoms with Gasteiger partial charge in [0.1, 0.15) is 58.4 Å². The van der Waals surface area contributed by atoms with Gasteiger partial charge in [-0.1, -0.05) is 72.8 Å². The second kappa shape index (κ2) is 18.3. The highest BCUT2D eigenvalue weighted by Gasteiger charge is 2.52. The Bertz CT molecular complexity index is 2950. The molecule has 0 atom stereocenters. The zero-order valence-corrected chi connectivity index (χ0v) is 32.9. The Hall–Kier alpha value is -7.46. The minimum absolute atomic E-state index is 0.848. The van der Waals surface area contributed by atoms with Crippen molar-refractivity contribution in [3.05, 3.63) is 213 Å². The minimum Gasteiger partial charge on any atom is -0.244 e. The van der Waals surface area contributed by atoms with Crippen LogP contribution in [0, 0.1) is 116 Å². The molecule has 0 amide bonds. The van der Waals surface area contributed by atoms with Gasteiger partial charge in [0.15, 0.2) is 88.7 Å². The Labute approximate surface area is 366 Å². The zero-order valence-electron chi connectivity index (χ0n) is 32.9. The first-order valence-corrected chi connectivity index (χ1v) is 18.7. The molecule has 23 heteroatoms. The van der Waals surface area contributed by atoms with Crippen molar-refractivity contribution in [1.82, 2.24) is 4.98 Å². The van der Waals surface area contributed by atoms with Crippen LogP contribution in [-0.2, 0) is 6.54 Å². The number of hydrogen-bond acceptors (Lipinski definition) is 1. The summed E-state index contributed by atoms with van der Waals surface area (Å²) in [5.74, 6) is -71.4. The molecule has 1 heterocycles. The molecule has 0 aliphatic heterocycles. The van der Waals surface area contributed by atoms with E-state index in [1.165, 1.54) is 21.9 Å². The number of fused-ring (bicyclic) bond motifs is 1. The van der Waals surface area contributed by atoms with E-state index in [1.807, 2.05) is 18.5 Å². The number of aromatic nitrogens is 2. The van der Waals surface area contributed by atoms with Gasteiger partial charge in [0.2, 0.25) is 0 Å². The van der Waals surface area contributed by atoms with Gasteiger partial charge in [-0.2, -0.15) is 4.57 Å². The highest BCUT2D eigenvalue weighted by Crippen LogP contribution is 2.31. The molecule has 7 aromatic carbocycles. The van der Waals surface area contributed by atoms with E-state index in [2.05, 4.69) is 82.5 Å². The van der Waals surface area contributed by atoms with Crippen LogP contribution < -0.4 is 26.4 Å². The maximum atomic E-state index is 15.4. The highest BCUT2D eigenvalue weighted by molar-refractivity contribution is 7.20. The lowest BCUT2D eigenvalue weighted by Gasteiger charge is -2.44. The van der Waals surface area contributed by atoms with Crippen molar-refractivity contribution in [1.29, 1.82) is 0 Å². The van der Waals surface area contributed by atoms with Gasteiger partial charge in [-0.15, -0.1) is 21.9 Å². The molecular formula is C45H17BF20N2. The number of halogens is 20. The fourth-order valence-electron chi connectivity index (χ4n) is 7.79. The predicted molar refractivity (Wildman–Crippen MR) is 202 cm³/mol. The fraction of sp³-hybridized carbons (Fsp3) is 0.0222. The van der Waals surface area contributed by atoms with E-state index >= 15 is 35.1 Å². The maximum Gasteiger partial charge on any atom is 0.200 e. The lowest BCUT2D eigenvalue weighted by molar-refractivity contribution is -0.688. The summed E-state index contributed by atoms with van der Waals surface area (Å²) >= 11 is 0. The van der Waals surface area contributed by atoms with Crippen LogP contribution in [-0.4, -0.2) is 11.1 Å². The lowest BCUT2D eigenvalue weighted by atomic mass is 9.12. The van der Waals surface area contributed by atoms with Crippen molar-refractivity contribution < 1.29 is 92.4 Å². The summed E-state index contributed by atoms with van der Waals surface area (Å²) in [5, 5.41) is 2.48. The molecule has 2 nitrogen and oxygen atoms in total. The molecule has 0 saturated carbocycles. The molecule has 8 rings (SSSR count). The molecule has 0 aliphatic carbocycles. The average molecular weight is 976 g/mol. The van der Waals surface area contributed by atoms with Gasteiger partial charge < -0.3 is 0 Å². The summed E-state index contributed by atoms with van der Waals surface area (Å²) < 4.78 is 296. The number of hydrogen-bond donors (Lipinski definition) is 0. The van der Waals surface area contributed by atoms with Crippen molar-refractivity contribution >= 4 is 38.8 Å². The third-order valence-corrected chi connectivity index (χ3v) is 10.7. The van der Waals surface area contributed by atoms with Crippen LogP contribution >= 0.6 is 0 Å². The SMILES string of the molecule is Fc1c(F)c(F)c([B-](c2c(F)c(F)c(F)c(F)c2F)(c2c(F)c(F)c(F)c(F)c2F)c2c(F)c(F)c(F)c(F)c2F)c(F)c1F.c1ccc(C[n+]2ccnc(-c3cccc4ccccc34)c2)cc1. The molecule has 350 valence electrons. The molecule has 68 heavy (non-hydrogen) atoms. The van der Waals surface area contributed by atoms with E-state index < -0.39 is 144 Å². The Kier molecular flexibility index (Phi) is 13.1. The smallest absolute Gasteiger partial charge is 0.200 e. The van der Waals surface area contributed by atoms with Crippen molar-refractivity contribution in [2.24, 2.45) is 0 Å². The zero-order chi connectivity index (χ0) is 49.8. The van der Waals surface area contributed by atoms with E-state index in [4.69, 9.17) is 0 Å². The van der Waals surface area contributed by atoms with Gasteiger partial charge in [-0.3, -0.25) is 0 Å². The monoisotopic (exact) mass is 976 g/mol. The van der Waals surface area contributed by atoms with Gasteiger partial charge >= 0.3 is 0 Å². The molecule has 0 fully saturated rings. The largest absolute Gasteiger partial charge is 0.244 e. The minimum atomic E-state index is -7.22. The lowest BCUT2D eigenvalue weighted by Crippen LogP contribution is -2.81. The van der Waals surface area contributed by atoms with E-state index in [0.717, 1.165) is 12.2 Å².